The lowest BCUT2D eigenvalue weighted by molar-refractivity contribution is 0.167. The molecule has 4 rings (SSSR count). The highest BCUT2D eigenvalue weighted by atomic mass is 15.2. The highest BCUT2D eigenvalue weighted by molar-refractivity contribution is 5.71. The number of hydrogen-bond acceptors (Lipinski definition) is 4. The molecule has 118 valence electrons. The first kappa shape index (κ1) is 14.2. The van der Waals surface area contributed by atoms with Gasteiger partial charge >= 0.3 is 0 Å². The average molecular weight is 299 g/mol. The molecular weight excluding hydrogens is 274 g/mol. The van der Waals surface area contributed by atoms with Crippen LogP contribution in [-0.2, 0) is 6.54 Å². The molecular formula is C17H25N5. The molecule has 2 aliphatic rings. The van der Waals surface area contributed by atoms with Crippen LogP contribution in [-0.4, -0.2) is 45.6 Å². The van der Waals surface area contributed by atoms with Crippen molar-refractivity contribution in [3.63, 3.8) is 0 Å². The van der Waals surface area contributed by atoms with E-state index in [4.69, 9.17) is 4.98 Å². The van der Waals surface area contributed by atoms with Gasteiger partial charge in [0, 0.05) is 18.8 Å². The van der Waals surface area contributed by atoms with Gasteiger partial charge in [0.25, 0.3) is 0 Å². The number of hydrogen-bond donors (Lipinski definition) is 1. The summed E-state index contributed by atoms with van der Waals surface area (Å²) in [5.74, 6) is 1.19. The van der Waals surface area contributed by atoms with Gasteiger partial charge < -0.3 is 14.8 Å². The highest BCUT2D eigenvalue weighted by Gasteiger charge is 2.26. The minimum Gasteiger partial charge on any atom is -0.310 e. The molecule has 0 radical (unpaired) electrons. The smallest absolute Gasteiger partial charge is 0.160 e. The normalized spacial score (nSPS) is 26.8. The summed E-state index contributed by atoms with van der Waals surface area (Å²) < 4.78 is 2.38. The number of imidazole rings is 1. The van der Waals surface area contributed by atoms with Crippen LogP contribution in [0.3, 0.4) is 0 Å². The van der Waals surface area contributed by atoms with Gasteiger partial charge in [-0.25, -0.2) is 9.97 Å². The van der Waals surface area contributed by atoms with E-state index >= 15 is 0 Å². The standard InChI is InChI=1S/C17H25N5/c1-21-11-3-2-6-13(21)12-22-16-15(8-5-10-19-16)20-17(22)14-7-4-9-18-14/h5,8,10,13-14,18H,2-4,6-7,9,11-12H2,1H3. The number of fused-ring (bicyclic) bond motifs is 1. The minimum atomic E-state index is 0.392. The Morgan fingerprint density at radius 1 is 1.27 bits per heavy atom. The van der Waals surface area contributed by atoms with E-state index < -0.39 is 0 Å². The molecule has 0 amide bonds. The maximum absolute atomic E-state index is 4.90. The van der Waals surface area contributed by atoms with Crippen LogP contribution in [0.2, 0.25) is 0 Å². The van der Waals surface area contributed by atoms with Gasteiger partial charge in [-0.1, -0.05) is 6.42 Å². The summed E-state index contributed by atoms with van der Waals surface area (Å²) >= 11 is 0. The predicted molar refractivity (Wildman–Crippen MR) is 87.8 cm³/mol. The van der Waals surface area contributed by atoms with Crippen molar-refractivity contribution in [2.45, 2.75) is 50.7 Å². The molecule has 2 atom stereocenters. The Labute approximate surface area is 131 Å². The van der Waals surface area contributed by atoms with E-state index in [-0.39, 0.29) is 0 Å². The first-order chi connectivity index (χ1) is 10.8. The number of pyridine rings is 1. The summed E-state index contributed by atoms with van der Waals surface area (Å²) in [7, 11) is 2.25. The number of likely N-dealkylation sites (N-methyl/N-ethyl adjacent to an activating group) is 1. The van der Waals surface area contributed by atoms with E-state index in [0.717, 1.165) is 24.3 Å². The number of nitrogens with zero attached hydrogens (tertiary/aromatic N) is 4. The third kappa shape index (κ3) is 2.52. The fraction of sp³-hybridized carbons (Fsp3) is 0.647. The molecule has 4 heterocycles. The Kier molecular flexibility index (Phi) is 3.84. The molecule has 0 spiro atoms. The fourth-order valence-corrected chi connectivity index (χ4v) is 3.91. The van der Waals surface area contributed by atoms with E-state index in [2.05, 4.69) is 32.9 Å². The first-order valence-corrected chi connectivity index (χ1v) is 8.58. The van der Waals surface area contributed by atoms with E-state index in [1.165, 1.54) is 44.5 Å². The van der Waals surface area contributed by atoms with Gasteiger partial charge in [0.15, 0.2) is 5.65 Å². The summed E-state index contributed by atoms with van der Waals surface area (Å²) in [4.78, 5) is 12.0. The second kappa shape index (κ2) is 5.97. The van der Waals surface area contributed by atoms with Gasteiger partial charge in [0.05, 0.1) is 6.04 Å². The van der Waals surface area contributed by atoms with Crippen LogP contribution < -0.4 is 5.32 Å². The summed E-state index contributed by atoms with van der Waals surface area (Å²) in [5, 5.41) is 3.60. The Hall–Kier alpha value is -1.46. The maximum atomic E-state index is 4.90. The van der Waals surface area contributed by atoms with E-state index in [1.54, 1.807) is 0 Å². The quantitative estimate of drug-likeness (QED) is 0.945. The van der Waals surface area contributed by atoms with Crippen LogP contribution in [0.4, 0.5) is 0 Å². The van der Waals surface area contributed by atoms with Crippen LogP contribution in [0.25, 0.3) is 11.2 Å². The second-order valence-electron chi connectivity index (χ2n) is 6.71. The van der Waals surface area contributed by atoms with Crippen molar-refractivity contribution in [3.8, 4) is 0 Å². The zero-order valence-corrected chi connectivity index (χ0v) is 13.3. The van der Waals surface area contributed by atoms with Crippen LogP contribution in [0, 0.1) is 0 Å². The van der Waals surface area contributed by atoms with Gasteiger partial charge in [-0.05, 0) is 58.0 Å². The van der Waals surface area contributed by atoms with Crippen LogP contribution in [0.1, 0.15) is 44.0 Å². The number of likely N-dealkylation sites (tertiary alicyclic amines) is 1. The number of aromatic nitrogens is 3. The molecule has 22 heavy (non-hydrogen) atoms. The van der Waals surface area contributed by atoms with Crippen molar-refractivity contribution in [2.24, 2.45) is 0 Å². The molecule has 2 unspecified atom stereocenters. The van der Waals surface area contributed by atoms with Crippen molar-refractivity contribution in [3.05, 3.63) is 24.2 Å². The zero-order chi connectivity index (χ0) is 14.9. The molecule has 2 aromatic heterocycles. The molecule has 2 saturated heterocycles. The summed E-state index contributed by atoms with van der Waals surface area (Å²) in [5.41, 5.74) is 2.08. The van der Waals surface area contributed by atoms with Gasteiger partial charge in [0.2, 0.25) is 0 Å². The lowest BCUT2D eigenvalue weighted by Crippen LogP contribution is -2.39. The topological polar surface area (TPSA) is 46.0 Å². The third-order valence-electron chi connectivity index (χ3n) is 5.22. The molecule has 0 saturated carbocycles. The molecule has 2 aromatic rings. The van der Waals surface area contributed by atoms with Gasteiger partial charge in [-0.3, -0.25) is 0 Å². The Balaban J connectivity index is 1.71. The van der Waals surface area contributed by atoms with Crippen molar-refractivity contribution in [1.82, 2.24) is 24.8 Å². The zero-order valence-electron chi connectivity index (χ0n) is 13.3. The number of nitrogens with one attached hydrogen (secondary N) is 1. The van der Waals surface area contributed by atoms with Crippen LogP contribution in [0.15, 0.2) is 18.3 Å². The monoisotopic (exact) mass is 299 g/mol. The Morgan fingerprint density at radius 2 is 2.23 bits per heavy atom. The highest BCUT2D eigenvalue weighted by Crippen LogP contribution is 2.27. The first-order valence-electron chi connectivity index (χ1n) is 8.58. The molecule has 2 aliphatic heterocycles. The van der Waals surface area contributed by atoms with E-state index in [1.807, 2.05) is 12.3 Å². The molecule has 5 heteroatoms. The largest absolute Gasteiger partial charge is 0.310 e. The number of piperidine rings is 1. The van der Waals surface area contributed by atoms with E-state index in [0.29, 0.717) is 12.1 Å². The Morgan fingerprint density at radius 3 is 3.05 bits per heavy atom. The molecule has 0 aromatic carbocycles. The lowest BCUT2D eigenvalue weighted by Gasteiger charge is -2.33. The molecule has 1 N–H and O–H groups in total. The summed E-state index contributed by atoms with van der Waals surface area (Å²) in [6.45, 7) is 3.32. The SMILES string of the molecule is CN1CCCCC1Cn1c(C2CCCN2)nc2cccnc21. The summed E-state index contributed by atoms with van der Waals surface area (Å²) in [6, 6.07) is 5.07. The van der Waals surface area contributed by atoms with Gasteiger partial charge in [0.1, 0.15) is 11.3 Å². The van der Waals surface area contributed by atoms with Crippen molar-refractivity contribution in [1.29, 1.82) is 0 Å². The second-order valence-corrected chi connectivity index (χ2v) is 6.71. The van der Waals surface area contributed by atoms with Crippen LogP contribution in [0.5, 0.6) is 0 Å². The fourth-order valence-electron chi connectivity index (χ4n) is 3.91. The average Bonchev–Trinajstić information content (AvgIpc) is 3.17. The van der Waals surface area contributed by atoms with Crippen molar-refractivity contribution < 1.29 is 0 Å². The number of rotatable bonds is 3. The van der Waals surface area contributed by atoms with Crippen molar-refractivity contribution >= 4 is 11.2 Å². The summed E-state index contributed by atoms with van der Waals surface area (Å²) in [6.07, 6.45) is 8.25. The molecule has 0 aliphatic carbocycles. The maximum Gasteiger partial charge on any atom is 0.160 e. The van der Waals surface area contributed by atoms with Gasteiger partial charge in [-0.2, -0.15) is 0 Å². The third-order valence-corrected chi connectivity index (χ3v) is 5.22. The predicted octanol–water partition coefficient (Wildman–Crippen LogP) is 2.34. The molecule has 2 fully saturated rings. The lowest BCUT2D eigenvalue weighted by atomic mass is 10.0. The van der Waals surface area contributed by atoms with E-state index in [9.17, 15) is 0 Å². The minimum absolute atomic E-state index is 0.392. The molecule has 5 nitrogen and oxygen atoms in total. The Bertz CT molecular complexity index is 644. The van der Waals surface area contributed by atoms with Crippen LogP contribution >= 0.6 is 0 Å². The van der Waals surface area contributed by atoms with Gasteiger partial charge in [-0.15, -0.1) is 0 Å². The molecule has 0 bridgehead atoms. The van der Waals surface area contributed by atoms with Crippen molar-refractivity contribution in [2.75, 3.05) is 20.1 Å².